The third kappa shape index (κ3) is 9.66. The molecule has 13 heavy (non-hydrogen) atoms. The highest BCUT2D eigenvalue weighted by atomic mass is 14.0. The Kier molecular flexibility index (Phi) is 7.03. The standard InChI is InChI=1S/C13H25/c1-11(2)7-6-8-13(5)10-9-12(3)4/h10-12H,3,6-9H2,1-2,4-5H3/b13-10+. The van der Waals surface area contributed by atoms with E-state index in [1.807, 2.05) is 0 Å². The molecule has 0 saturated heterocycles. The van der Waals surface area contributed by atoms with Gasteiger partial charge in [-0.1, -0.05) is 45.8 Å². The van der Waals surface area contributed by atoms with Gasteiger partial charge in [0.05, 0.1) is 0 Å². The van der Waals surface area contributed by atoms with Gasteiger partial charge in [-0.25, -0.2) is 0 Å². The van der Waals surface area contributed by atoms with Crippen molar-refractivity contribution in [3.05, 3.63) is 18.6 Å². The van der Waals surface area contributed by atoms with Gasteiger partial charge >= 0.3 is 0 Å². The van der Waals surface area contributed by atoms with Gasteiger partial charge in [-0.05, 0) is 38.0 Å². The second-order valence-corrected chi connectivity index (χ2v) is 4.68. The Bertz CT molecular complexity index is 140. The van der Waals surface area contributed by atoms with Gasteiger partial charge in [0.15, 0.2) is 0 Å². The number of allylic oxidation sites excluding steroid dienone is 2. The second kappa shape index (κ2) is 7.17. The van der Waals surface area contributed by atoms with Crippen LogP contribution in [0.25, 0.3) is 0 Å². The van der Waals surface area contributed by atoms with Crippen molar-refractivity contribution >= 4 is 0 Å². The van der Waals surface area contributed by atoms with Crippen molar-refractivity contribution in [2.45, 2.75) is 53.4 Å². The summed E-state index contributed by atoms with van der Waals surface area (Å²) in [5, 5.41) is 0. The van der Waals surface area contributed by atoms with Gasteiger partial charge in [-0.3, -0.25) is 0 Å². The summed E-state index contributed by atoms with van der Waals surface area (Å²) in [5.74, 6) is 1.40. The first-order valence-corrected chi connectivity index (χ1v) is 5.51. The Morgan fingerprint density at radius 1 is 1.31 bits per heavy atom. The zero-order valence-electron chi connectivity index (χ0n) is 9.77. The van der Waals surface area contributed by atoms with Crippen molar-refractivity contribution in [1.29, 1.82) is 0 Å². The lowest BCUT2D eigenvalue weighted by Gasteiger charge is -2.05. The molecule has 0 fully saturated rings. The van der Waals surface area contributed by atoms with Crippen LogP contribution in [0.1, 0.15) is 53.4 Å². The first-order chi connectivity index (χ1) is 6.02. The Morgan fingerprint density at radius 3 is 2.38 bits per heavy atom. The van der Waals surface area contributed by atoms with E-state index in [1.165, 1.54) is 24.8 Å². The van der Waals surface area contributed by atoms with Crippen molar-refractivity contribution in [1.82, 2.24) is 0 Å². The molecule has 0 aliphatic carbocycles. The molecule has 0 rings (SSSR count). The maximum Gasteiger partial charge on any atom is -0.0322 e. The number of hydrogen-bond donors (Lipinski definition) is 0. The van der Waals surface area contributed by atoms with Gasteiger partial charge in [0, 0.05) is 0 Å². The van der Waals surface area contributed by atoms with E-state index >= 15 is 0 Å². The van der Waals surface area contributed by atoms with E-state index in [4.69, 9.17) is 0 Å². The summed E-state index contributed by atoms with van der Waals surface area (Å²) < 4.78 is 0. The van der Waals surface area contributed by atoms with Gasteiger partial charge in [0.25, 0.3) is 0 Å². The van der Waals surface area contributed by atoms with E-state index in [-0.39, 0.29) is 0 Å². The lowest BCUT2D eigenvalue weighted by atomic mass is 10.0. The van der Waals surface area contributed by atoms with Crippen molar-refractivity contribution in [3.63, 3.8) is 0 Å². The largest absolute Gasteiger partial charge is 0.0853 e. The normalized spacial score (nSPS) is 13.0. The smallest absolute Gasteiger partial charge is 0.0322 e. The van der Waals surface area contributed by atoms with Crippen LogP contribution in [0.3, 0.4) is 0 Å². The first kappa shape index (κ1) is 12.7. The van der Waals surface area contributed by atoms with E-state index in [1.54, 1.807) is 0 Å². The van der Waals surface area contributed by atoms with Crippen LogP contribution in [0.15, 0.2) is 11.6 Å². The van der Waals surface area contributed by atoms with Crippen LogP contribution < -0.4 is 0 Å². The van der Waals surface area contributed by atoms with Crippen molar-refractivity contribution in [2.75, 3.05) is 0 Å². The molecule has 1 atom stereocenters. The molecule has 1 radical (unpaired) electrons. The number of rotatable bonds is 6. The maximum absolute atomic E-state index is 3.97. The summed E-state index contributed by atoms with van der Waals surface area (Å²) in [6.07, 6.45) is 7.44. The molecule has 0 spiro atoms. The van der Waals surface area contributed by atoms with Crippen molar-refractivity contribution < 1.29 is 0 Å². The fourth-order valence-corrected chi connectivity index (χ4v) is 1.29. The summed E-state index contributed by atoms with van der Waals surface area (Å²) >= 11 is 0. The highest BCUT2D eigenvalue weighted by Gasteiger charge is 1.96. The van der Waals surface area contributed by atoms with Gasteiger partial charge < -0.3 is 0 Å². The molecule has 0 bridgehead atoms. The summed E-state index contributed by atoms with van der Waals surface area (Å²) in [6, 6.07) is 0. The molecule has 0 heteroatoms. The molecule has 0 nitrogen and oxygen atoms in total. The minimum absolute atomic E-state index is 0.556. The molecular weight excluding hydrogens is 156 g/mol. The third-order valence-corrected chi connectivity index (χ3v) is 2.22. The van der Waals surface area contributed by atoms with Gasteiger partial charge in [0.2, 0.25) is 0 Å². The lowest BCUT2D eigenvalue weighted by Crippen LogP contribution is -1.89. The predicted octanol–water partition coefficient (Wildman–Crippen LogP) is 4.62. The first-order valence-electron chi connectivity index (χ1n) is 5.51. The molecule has 1 unspecified atom stereocenters. The molecule has 0 aromatic heterocycles. The lowest BCUT2D eigenvalue weighted by molar-refractivity contribution is 0.554. The van der Waals surface area contributed by atoms with Crippen LogP contribution in [-0.4, -0.2) is 0 Å². The molecule has 0 aromatic carbocycles. The summed E-state index contributed by atoms with van der Waals surface area (Å²) in [5.41, 5.74) is 1.54. The van der Waals surface area contributed by atoms with Gasteiger partial charge in [-0.2, -0.15) is 0 Å². The molecule has 77 valence electrons. The van der Waals surface area contributed by atoms with E-state index in [0.29, 0.717) is 5.92 Å². The average molecular weight is 181 g/mol. The minimum Gasteiger partial charge on any atom is -0.0853 e. The second-order valence-electron chi connectivity index (χ2n) is 4.68. The Hall–Kier alpha value is -0.260. The summed E-state index contributed by atoms with van der Waals surface area (Å²) in [4.78, 5) is 0. The van der Waals surface area contributed by atoms with Gasteiger partial charge in [0.1, 0.15) is 0 Å². The SMILES string of the molecule is [CH2]C(C)C/C=C(\C)CCCC(C)C. The van der Waals surface area contributed by atoms with Crippen LogP contribution in [-0.2, 0) is 0 Å². The van der Waals surface area contributed by atoms with Crippen molar-refractivity contribution in [3.8, 4) is 0 Å². The highest BCUT2D eigenvalue weighted by molar-refractivity contribution is 4.98. The topological polar surface area (TPSA) is 0 Å². The van der Waals surface area contributed by atoms with Crippen LogP contribution in [0.4, 0.5) is 0 Å². The Labute approximate surface area is 84.4 Å². The van der Waals surface area contributed by atoms with Gasteiger partial charge in [-0.15, -0.1) is 0 Å². The highest BCUT2D eigenvalue weighted by Crippen LogP contribution is 2.13. The molecule has 0 heterocycles. The molecule has 0 N–H and O–H groups in total. The number of hydrogen-bond acceptors (Lipinski definition) is 0. The monoisotopic (exact) mass is 181 g/mol. The van der Waals surface area contributed by atoms with Crippen LogP contribution in [0, 0.1) is 18.8 Å². The predicted molar refractivity (Wildman–Crippen MR) is 61.6 cm³/mol. The van der Waals surface area contributed by atoms with Crippen LogP contribution in [0.5, 0.6) is 0 Å². The molecular formula is C13H25. The van der Waals surface area contributed by atoms with Crippen LogP contribution >= 0.6 is 0 Å². The minimum atomic E-state index is 0.556. The van der Waals surface area contributed by atoms with E-state index in [2.05, 4.69) is 40.7 Å². The molecule has 0 aliphatic rings. The van der Waals surface area contributed by atoms with Crippen molar-refractivity contribution in [2.24, 2.45) is 11.8 Å². The van der Waals surface area contributed by atoms with E-state index < -0.39 is 0 Å². The van der Waals surface area contributed by atoms with E-state index in [9.17, 15) is 0 Å². The molecule has 0 saturated carbocycles. The average Bonchev–Trinajstić information content (AvgIpc) is 2.00. The van der Waals surface area contributed by atoms with E-state index in [0.717, 1.165) is 12.3 Å². The Morgan fingerprint density at radius 2 is 1.92 bits per heavy atom. The fraction of sp³-hybridized carbons (Fsp3) is 0.769. The molecule has 0 aromatic rings. The molecule has 0 aliphatic heterocycles. The zero-order chi connectivity index (χ0) is 10.3. The zero-order valence-corrected chi connectivity index (χ0v) is 9.77. The molecule has 0 amide bonds. The fourth-order valence-electron chi connectivity index (χ4n) is 1.29. The maximum atomic E-state index is 3.97. The summed E-state index contributed by atoms with van der Waals surface area (Å²) in [7, 11) is 0. The quantitative estimate of drug-likeness (QED) is 0.524. The van der Waals surface area contributed by atoms with Crippen LogP contribution in [0.2, 0.25) is 0 Å². The summed E-state index contributed by atoms with van der Waals surface area (Å²) in [6.45, 7) is 13.0. The third-order valence-electron chi connectivity index (χ3n) is 2.22. The Balaban J connectivity index is 3.49.